The minimum Gasteiger partial charge on any atom is -0.0616 e. The van der Waals surface area contributed by atoms with Crippen LogP contribution in [0, 0.1) is 0 Å². The SMILES string of the molecule is c1cc2ccc3cccc4ccc(c1)c2c34.c1ccc2c(c1)-c1cccc3cccc-2c13.c1ccc2cc3ccccc3cc2c1. The van der Waals surface area contributed by atoms with E-state index in [1.54, 1.807) is 0 Å². The molecule has 0 nitrogen and oxygen atoms in total. The zero-order valence-electron chi connectivity index (χ0n) is 25.3. The number of fused-ring (bicyclic) bond motifs is 5. The summed E-state index contributed by atoms with van der Waals surface area (Å²) in [5, 5.41) is 16.1. The van der Waals surface area contributed by atoms with Gasteiger partial charge < -0.3 is 0 Å². The Kier molecular flexibility index (Phi) is 6.25. The lowest BCUT2D eigenvalue weighted by atomic mass is 9.95. The second-order valence-electron chi connectivity index (χ2n) is 12.1. The molecule has 0 saturated heterocycles. The average molecular weight is 583 g/mol. The van der Waals surface area contributed by atoms with E-state index in [4.69, 9.17) is 0 Å². The third-order valence-corrected chi connectivity index (χ3v) is 9.42. The van der Waals surface area contributed by atoms with Gasteiger partial charge >= 0.3 is 0 Å². The van der Waals surface area contributed by atoms with Crippen LogP contribution in [0.4, 0.5) is 0 Å². The van der Waals surface area contributed by atoms with Crippen molar-refractivity contribution in [2.75, 3.05) is 0 Å². The van der Waals surface area contributed by atoms with Gasteiger partial charge in [-0.3, -0.25) is 0 Å². The van der Waals surface area contributed by atoms with Gasteiger partial charge in [0.1, 0.15) is 0 Å². The maximum absolute atomic E-state index is 2.24. The maximum Gasteiger partial charge on any atom is -0.00264 e. The molecule has 0 fully saturated rings. The Balaban J connectivity index is 0.0000000954. The molecule has 0 bridgehead atoms. The Morgan fingerprint density at radius 2 is 0.435 bits per heavy atom. The molecular weight excluding hydrogens is 553 g/mol. The molecular formula is C46H30. The molecule has 11 rings (SSSR count). The number of hydrogen-bond acceptors (Lipinski definition) is 0. The molecule has 0 N–H and O–H groups in total. The van der Waals surface area contributed by atoms with E-state index >= 15 is 0 Å². The largest absolute Gasteiger partial charge is 0.0616 e. The van der Waals surface area contributed by atoms with Crippen molar-refractivity contribution >= 4 is 64.6 Å². The van der Waals surface area contributed by atoms with Gasteiger partial charge in [0.2, 0.25) is 0 Å². The Labute approximate surface area is 268 Å². The highest BCUT2D eigenvalue weighted by Crippen LogP contribution is 2.46. The van der Waals surface area contributed by atoms with Gasteiger partial charge in [-0.05, 0) is 99.0 Å². The van der Waals surface area contributed by atoms with E-state index in [2.05, 4.69) is 182 Å². The summed E-state index contributed by atoms with van der Waals surface area (Å²) >= 11 is 0. The van der Waals surface area contributed by atoms with Crippen molar-refractivity contribution < 1.29 is 0 Å². The number of rotatable bonds is 0. The van der Waals surface area contributed by atoms with Gasteiger partial charge in [0, 0.05) is 0 Å². The molecule has 0 heterocycles. The smallest absolute Gasteiger partial charge is 0.00264 e. The molecule has 1 aliphatic carbocycles. The summed E-state index contributed by atoms with van der Waals surface area (Å²) in [6.45, 7) is 0. The van der Waals surface area contributed by atoms with Crippen LogP contribution in [-0.2, 0) is 0 Å². The van der Waals surface area contributed by atoms with Crippen molar-refractivity contribution in [2.45, 2.75) is 0 Å². The average Bonchev–Trinajstić information content (AvgIpc) is 3.46. The molecule has 10 aromatic rings. The lowest BCUT2D eigenvalue weighted by Crippen LogP contribution is -1.82. The van der Waals surface area contributed by atoms with Crippen molar-refractivity contribution in [1.29, 1.82) is 0 Å². The van der Waals surface area contributed by atoms with Crippen LogP contribution >= 0.6 is 0 Å². The maximum atomic E-state index is 2.24. The lowest BCUT2D eigenvalue weighted by Gasteiger charge is -2.09. The van der Waals surface area contributed by atoms with Crippen molar-refractivity contribution in [1.82, 2.24) is 0 Å². The van der Waals surface area contributed by atoms with Gasteiger partial charge in [0.15, 0.2) is 0 Å². The molecule has 0 unspecified atom stereocenters. The number of hydrogen-bond donors (Lipinski definition) is 0. The molecule has 0 aromatic heterocycles. The zero-order valence-corrected chi connectivity index (χ0v) is 25.3. The van der Waals surface area contributed by atoms with Gasteiger partial charge in [0.05, 0.1) is 0 Å². The standard InChI is InChI=1S/2C16H10.C14H10/c1-3-11-7-9-13-5-2-6-14-10-8-12(4-1)15(11)16(13)14;1-2-8-13-12(7-1)14-9-3-5-11-6-4-10-15(13)16(11)14;1-2-6-12-10-14-8-4-3-7-13(14)9-11(12)5-1/h2*1-10H;1-10H. The molecule has 10 aromatic carbocycles. The fraction of sp³-hybridized carbons (Fsp3) is 0. The van der Waals surface area contributed by atoms with Crippen LogP contribution in [0.5, 0.6) is 0 Å². The first-order chi connectivity index (χ1) is 22.8. The molecule has 214 valence electrons. The summed E-state index contributed by atoms with van der Waals surface area (Å²) in [5.41, 5.74) is 5.50. The summed E-state index contributed by atoms with van der Waals surface area (Å²) in [5.74, 6) is 0. The van der Waals surface area contributed by atoms with Crippen LogP contribution in [0.15, 0.2) is 182 Å². The molecule has 0 amide bonds. The van der Waals surface area contributed by atoms with Crippen LogP contribution in [-0.4, -0.2) is 0 Å². The van der Waals surface area contributed by atoms with Crippen LogP contribution in [0.1, 0.15) is 0 Å². The zero-order chi connectivity index (χ0) is 30.5. The predicted molar refractivity (Wildman–Crippen MR) is 200 cm³/mol. The Morgan fingerprint density at radius 1 is 0.174 bits per heavy atom. The van der Waals surface area contributed by atoms with Crippen LogP contribution in [0.2, 0.25) is 0 Å². The third kappa shape index (κ3) is 4.38. The molecule has 46 heavy (non-hydrogen) atoms. The van der Waals surface area contributed by atoms with Crippen molar-refractivity contribution in [3.05, 3.63) is 182 Å². The van der Waals surface area contributed by atoms with Gasteiger partial charge in [-0.25, -0.2) is 0 Å². The van der Waals surface area contributed by atoms with E-state index in [0.29, 0.717) is 0 Å². The topological polar surface area (TPSA) is 0 Å². The first kappa shape index (κ1) is 26.4. The minimum atomic E-state index is 1.31. The summed E-state index contributed by atoms with van der Waals surface area (Å²) in [4.78, 5) is 0. The van der Waals surface area contributed by atoms with Gasteiger partial charge in [0.25, 0.3) is 0 Å². The van der Waals surface area contributed by atoms with E-state index in [-0.39, 0.29) is 0 Å². The fourth-order valence-corrected chi connectivity index (χ4v) is 7.29. The molecule has 0 saturated carbocycles. The summed E-state index contributed by atoms with van der Waals surface area (Å²) < 4.78 is 0. The van der Waals surface area contributed by atoms with Gasteiger partial charge in [-0.1, -0.05) is 170 Å². The summed E-state index contributed by atoms with van der Waals surface area (Å²) in [7, 11) is 0. The quantitative estimate of drug-likeness (QED) is 0.123. The monoisotopic (exact) mass is 582 g/mol. The second kappa shape index (κ2) is 10.9. The highest BCUT2D eigenvalue weighted by molar-refractivity contribution is 6.23. The minimum absolute atomic E-state index is 1.31. The second-order valence-corrected chi connectivity index (χ2v) is 12.1. The van der Waals surface area contributed by atoms with E-state index in [9.17, 15) is 0 Å². The molecule has 0 radical (unpaired) electrons. The van der Waals surface area contributed by atoms with Crippen LogP contribution < -0.4 is 0 Å². The van der Waals surface area contributed by atoms with Gasteiger partial charge in [-0.15, -0.1) is 0 Å². The third-order valence-electron chi connectivity index (χ3n) is 9.42. The predicted octanol–water partition coefficient (Wildman–Crippen LogP) is 13.1. The van der Waals surface area contributed by atoms with E-state index in [0.717, 1.165) is 0 Å². The van der Waals surface area contributed by atoms with Crippen LogP contribution in [0.3, 0.4) is 0 Å². The molecule has 0 atom stereocenters. The molecule has 1 aliphatic rings. The fourth-order valence-electron chi connectivity index (χ4n) is 7.29. The molecule has 0 spiro atoms. The van der Waals surface area contributed by atoms with Gasteiger partial charge in [-0.2, -0.15) is 0 Å². The summed E-state index contributed by atoms with van der Waals surface area (Å²) in [6.07, 6.45) is 0. The van der Waals surface area contributed by atoms with Crippen molar-refractivity contribution in [2.24, 2.45) is 0 Å². The Morgan fingerprint density at radius 3 is 0.804 bits per heavy atom. The highest BCUT2D eigenvalue weighted by atomic mass is 14.2. The van der Waals surface area contributed by atoms with E-state index < -0.39 is 0 Å². The van der Waals surface area contributed by atoms with E-state index in [1.165, 1.54) is 86.9 Å². The molecule has 0 heteroatoms. The lowest BCUT2D eigenvalue weighted by molar-refractivity contribution is 1.70. The molecule has 0 aliphatic heterocycles. The Hall–Kier alpha value is -5.98. The van der Waals surface area contributed by atoms with Crippen molar-refractivity contribution in [3.8, 4) is 22.3 Å². The van der Waals surface area contributed by atoms with E-state index in [1.807, 2.05) is 0 Å². The number of benzene rings is 10. The van der Waals surface area contributed by atoms with Crippen molar-refractivity contribution in [3.63, 3.8) is 0 Å². The Bertz CT molecular complexity index is 2400. The normalized spacial score (nSPS) is 11.5. The summed E-state index contributed by atoms with van der Waals surface area (Å²) in [6, 6.07) is 65.0. The van der Waals surface area contributed by atoms with Crippen LogP contribution in [0.25, 0.3) is 86.9 Å². The first-order valence-electron chi connectivity index (χ1n) is 15.9. The first-order valence-corrected chi connectivity index (χ1v) is 15.9. The highest BCUT2D eigenvalue weighted by Gasteiger charge is 2.19.